The van der Waals surface area contributed by atoms with Crippen LogP contribution in [0.1, 0.15) is 12.8 Å². The lowest BCUT2D eigenvalue weighted by Crippen LogP contribution is -2.25. The zero-order valence-electron chi connectivity index (χ0n) is 9.25. The Morgan fingerprint density at radius 2 is 2.18 bits per heavy atom. The second-order valence-corrected chi connectivity index (χ2v) is 7.97. The fourth-order valence-electron chi connectivity index (χ4n) is 0.872. The fourth-order valence-corrected chi connectivity index (χ4v) is 2.68. The van der Waals surface area contributed by atoms with Crippen LogP contribution in [0.5, 0.6) is 0 Å². The zero-order valence-corrected chi connectivity index (χ0v) is 10.9. The van der Waals surface area contributed by atoms with Crippen LogP contribution in [0.25, 0.3) is 0 Å². The van der Waals surface area contributed by atoms with Crippen molar-refractivity contribution in [2.24, 2.45) is 10.2 Å². The maximum Gasteiger partial charge on any atom is 0.306 e. The first kappa shape index (κ1) is 14.0. The summed E-state index contributed by atoms with van der Waals surface area (Å²) < 4.78 is 26.8. The van der Waals surface area contributed by atoms with Gasteiger partial charge in [0.05, 0.1) is 12.2 Å². The Balaban J connectivity index is 2.27. The lowest BCUT2D eigenvalue weighted by Gasteiger charge is -2.09. The van der Waals surface area contributed by atoms with Gasteiger partial charge in [-0.3, -0.25) is 4.79 Å². The Kier molecular flexibility index (Phi) is 4.54. The van der Waals surface area contributed by atoms with Crippen molar-refractivity contribution in [3.8, 4) is 12.3 Å². The van der Waals surface area contributed by atoms with Gasteiger partial charge < -0.3 is 4.74 Å². The maximum atomic E-state index is 11.2. The third-order valence-corrected chi connectivity index (χ3v) is 4.47. The van der Waals surface area contributed by atoms with Gasteiger partial charge in [-0.1, -0.05) is 0 Å². The molecule has 0 saturated carbocycles. The van der Waals surface area contributed by atoms with Gasteiger partial charge in [-0.2, -0.15) is 10.2 Å². The molecule has 1 aliphatic heterocycles. The van der Waals surface area contributed by atoms with Crippen LogP contribution in [0.15, 0.2) is 10.2 Å². The van der Waals surface area contributed by atoms with Gasteiger partial charge in [0, 0.05) is 12.7 Å². The summed E-state index contributed by atoms with van der Waals surface area (Å²) >= 11 is 0. The standard InChI is InChI=1S/C9H12N2O4S2/c1-3-4-5-8(12)15-6-9(10-11-9)7-16-17(2,13)14/h1H,4-7H2,2H3. The average molecular weight is 276 g/mol. The van der Waals surface area contributed by atoms with Gasteiger partial charge in [-0.05, 0) is 10.8 Å². The van der Waals surface area contributed by atoms with Crippen molar-refractivity contribution in [2.75, 3.05) is 18.6 Å². The maximum absolute atomic E-state index is 11.2. The highest BCUT2D eigenvalue weighted by molar-refractivity contribution is 8.71. The smallest absolute Gasteiger partial charge is 0.306 e. The lowest BCUT2D eigenvalue weighted by molar-refractivity contribution is -0.144. The van der Waals surface area contributed by atoms with Crippen LogP contribution in [-0.4, -0.2) is 38.7 Å². The SMILES string of the molecule is C#CCCC(=O)OCC1(CSS(C)(=O)=O)N=N1. The predicted octanol–water partition coefficient (Wildman–Crippen LogP) is 0.798. The van der Waals surface area contributed by atoms with Crippen LogP contribution in [0.4, 0.5) is 0 Å². The normalized spacial score (nSPS) is 16.2. The molecule has 0 aromatic carbocycles. The van der Waals surface area contributed by atoms with Crippen LogP contribution < -0.4 is 0 Å². The highest BCUT2D eigenvalue weighted by Crippen LogP contribution is 2.33. The van der Waals surface area contributed by atoms with Crippen molar-refractivity contribution in [1.29, 1.82) is 0 Å². The van der Waals surface area contributed by atoms with Crippen molar-refractivity contribution in [1.82, 2.24) is 0 Å². The van der Waals surface area contributed by atoms with Crippen molar-refractivity contribution in [3.05, 3.63) is 0 Å². The Labute approximate surface area is 104 Å². The Bertz CT molecular complexity index is 458. The number of rotatable bonds is 7. The molecule has 1 aliphatic rings. The summed E-state index contributed by atoms with van der Waals surface area (Å²) in [6.45, 7) is -0.0288. The number of carbonyl (C=O) groups is 1. The highest BCUT2D eigenvalue weighted by Gasteiger charge is 2.42. The average Bonchev–Trinajstić information content (AvgIpc) is 3.01. The van der Waals surface area contributed by atoms with E-state index >= 15 is 0 Å². The molecule has 94 valence electrons. The number of hydrogen-bond acceptors (Lipinski definition) is 7. The summed E-state index contributed by atoms with van der Waals surface area (Å²) in [5.41, 5.74) is -0.875. The van der Waals surface area contributed by atoms with E-state index in [2.05, 4.69) is 16.1 Å². The van der Waals surface area contributed by atoms with E-state index in [1.807, 2.05) is 0 Å². The first-order chi connectivity index (χ1) is 7.87. The van der Waals surface area contributed by atoms with Crippen LogP contribution in [0, 0.1) is 12.3 Å². The van der Waals surface area contributed by atoms with E-state index in [9.17, 15) is 13.2 Å². The largest absolute Gasteiger partial charge is 0.461 e. The van der Waals surface area contributed by atoms with Gasteiger partial charge >= 0.3 is 5.97 Å². The molecule has 0 amide bonds. The summed E-state index contributed by atoms with van der Waals surface area (Å²) in [6.07, 6.45) is 6.57. The van der Waals surface area contributed by atoms with E-state index in [1.54, 1.807) is 0 Å². The number of nitrogens with zero attached hydrogens (tertiary/aromatic N) is 2. The minimum Gasteiger partial charge on any atom is -0.461 e. The molecule has 0 spiro atoms. The molecule has 0 fully saturated rings. The summed E-state index contributed by atoms with van der Waals surface area (Å²) in [7, 11) is -2.41. The van der Waals surface area contributed by atoms with E-state index in [4.69, 9.17) is 11.2 Å². The number of terminal acetylenes is 1. The van der Waals surface area contributed by atoms with Crippen LogP contribution in [0.3, 0.4) is 0 Å². The summed E-state index contributed by atoms with van der Waals surface area (Å²) in [5, 5.41) is 7.42. The van der Waals surface area contributed by atoms with Gasteiger partial charge in [0.25, 0.3) is 0 Å². The zero-order chi connectivity index (χ0) is 12.9. The van der Waals surface area contributed by atoms with Gasteiger partial charge in [-0.15, -0.1) is 12.3 Å². The number of carbonyl (C=O) groups excluding carboxylic acids is 1. The molecule has 17 heavy (non-hydrogen) atoms. The lowest BCUT2D eigenvalue weighted by atomic mass is 10.3. The van der Waals surface area contributed by atoms with E-state index in [0.29, 0.717) is 6.42 Å². The molecule has 0 saturated heterocycles. The highest BCUT2D eigenvalue weighted by atomic mass is 33.1. The van der Waals surface area contributed by atoms with E-state index in [-0.39, 0.29) is 18.8 Å². The summed E-state index contributed by atoms with van der Waals surface area (Å²) in [6, 6.07) is 0. The molecule has 0 aliphatic carbocycles. The van der Waals surface area contributed by atoms with Crippen molar-refractivity contribution >= 4 is 25.6 Å². The molecule has 0 atom stereocenters. The third-order valence-electron chi connectivity index (χ3n) is 1.82. The summed E-state index contributed by atoms with van der Waals surface area (Å²) in [5.74, 6) is 2.06. The molecule has 0 aromatic rings. The molecule has 0 N–H and O–H groups in total. The quantitative estimate of drug-likeness (QED) is 0.390. The van der Waals surface area contributed by atoms with Crippen molar-refractivity contribution in [2.45, 2.75) is 18.5 Å². The van der Waals surface area contributed by atoms with E-state index < -0.39 is 20.5 Å². The molecular formula is C9H12N2O4S2. The van der Waals surface area contributed by atoms with E-state index in [1.165, 1.54) is 0 Å². The predicted molar refractivity (Wildman–Crippen MR) is 63.9 cm³/mol. The molecule has 1 rings (SSSR count). The molecule has 6 nitrogen and oxygen atoms in total. The van der Waals surface area contributed by atoms with Crippen molar-refractivity contribution < 1.29 is 17.9 Å². The number of esters is 1. The first-order valence-corrected chi connectivity index (χ1v) is 8.14. The Morgan fingerprint density at radius 3 is 2.65 bits per heavy atom. The first-order valence-electron chi connectivity index (χ1n) is 4.74. The molecule has 0 bridgehead atoms. The molecule has 0 radical (unpaired) electrons. The van der Waals surface area contributed by atoms with Crippen LogP contribution >= 0.6 is 10.8 Å². The van der Waals surface area contributed by atoms with Gasteiger partial charge in [0.1, 0.15) is 6.61 Å². The molecule has 0 unspecified atom stereocenters. The molecule has 0 aromatic heterocycles. The Hall–Kier alpha value is -1.07. The van der Waals surface area contributed by atoms with Crippen molar-refractivity contribution in [3.63, 3.8) is 0 Å². The Morgan fingerprint density at radius 1 is 1.53 bits per heavy atom. The van der Waals surface area contributed by atoms with Crippen LogP contribution in [0.2, 0.25) is 0 Å². The fraction of sp³-hybridized carbons (Fsp3) is 0.667. The molecular weight excluding hydrogens is 264 g/mol. The van der Waals surface area contributed by atoms with Gasteiger partial charge in [-0.25, -0.2) is 8.42 Å². The third kappa shape index (κ3) is 5.70. The minimum atomic E-state index is -3.14. The molecule has 1 heterocycles. The topological polar surface area (TPSA) is 85.2 Å². The molecule has 8 heteroatoms. The second-order valence-electron chi connectivity index (χ2n) is 3.51. The van der Waals surface area contributed by atoms with Gasteiger partial charge in [0.2, 0.25) is 5.66 Å². The monoisotopic (exact) mass is 276 g/mol. The number of hydrogen-bond donors (Lipinski definition) is 0. The number of ether oxygens (including phenoxy) is 1. The van der Waals surface area contributed by atoms with Gasteiger partial charge in [0.15, 0.2) is 8.87 Å². The minimum absolute atomic E-state index is 0.0288. The second kappa shape index (κ2) is 5.51. The van der Waals surface area contributed by atoms with Crippen LogP contribution in [-0.2, 0) is 18.4 Å². The summed E-state index contributed by atoms with van der Waals surface area (Å²) in [4.78, 5) is 11.2. The van der Waals surface area contributed by atoms with E-state index in [0.717, 1.165) is 17.0 Å².